The highest BCUT2D eigenvalue weighted by atomic mass is 13.8. The molecular formula is C9H12. The third-order valence-corrected chi connectivity index (χ3v) is 0.914. The van der Waals surface area contributed by atoms with Gasteiger partial charge in [0.05, 0.1) is 0 Å². The zero-order valence-corrected chi connectivity index (χ0v) is 5.69. The van der Waals surface area contributed by atoms with Crippen molar-refractivity contribution in [1.29, 1.82) is 0 Å². The van der Waals surface area contributed by atoms with Crippen molar-refractivity contribution in [1.82, 2.24) is 0 Å². The summed E-state index contributed by atoms with van der Waals surface area (Å²) in [5.41, 5.74) is 0. The first-order valence-corrected chi connectivity index (χ1v) is 3.12. The SMILES string of the molecule is C=CC#CCCCC=C. The number of allylic oxidation sites excluding steroid dienone is 2. The lowest BCUT2D eigenvalue weighted by molar-refractivity contribution is 0.887. The molecule has 0 aromatic heterocycles. The normalized spacial score (nSPS) is 7.11. The van der Waals surface area contributed by atoms with Crippen LogP contribution in [0.3, 0.4) is 0 Å². The molecule has 0 radical (unpaired) electrons. The van der Waals surface area contributed by atoms with Gasteiger partial charge < -0.3 is 0 Å². The molecule has 0 fully saturated rings. The molecule has 48 valence electrons. The van der Waals surface area contributed by atoms with Gasteiger partial charge in [0.2, 0.25) is 0 Å². The topological polar surface area (TPSA) is 0 Å². The lowest BCUT2D eigenvalue weighted by Crippen LogP contribution is -1.66. The van der Waals surface area contributed by atoms with E-state index in [9.17, 15) is 0 Å². The summed E-state index contributed by atoms with van der Waals surface area (Å²) in [5, 5.41) is 0. The smallest absolute Gasteiger partial charge is 0.00951 e. The molecular weight excluding hydrogens is 108 g/mol. The molecule has 0 aliphatic heterocycles. The molecule has 0 aromatic rings. The number of unbranched alkanes of at least 4 members (excludes halogenated alkanes) is 2. The summed E-state index contributed by atoms with van der Waals surface area (Å²) in [5.74, 6) is 5.74. The zero-order chi connectivity index (χ0) is 6.95. The van der Waals surface area contributed by atoms with Crippen LogP contribution in [0, 0.1) is 11.8 Å². The van der Waals surface area contributed by atoms with Gasteiger partial charge in [0.15, 0.2) is 0 Å². The van der Waals surface area contributed by atoms with Crippen molar-refractivity contribution in [2.75, 3.05) is 0 Å². The number of hydrogen-bond donors (Lipinski definition) is 0. The third-order valence-electron chi connectivity index (χ3n) is 0.914. The molecule has 0 rings (SSSR count). The van der Waals surface area contributed by atoms with E-state index in [1.165, 1.54) is 0 Å². The Hall–Kier alpha value is -0.960. The fraction of sp³-hybridized carbons (Fsp3) is 0.333. The van der Waals surface area contributed by atoms with Crippen molar-refractivity contribution in [2.45, 2.75) is 19.3 Å². The molecule has 0 bridgehead atoms. The Morgan fingerprint density at radius 1 is 1.33 bits per heavy atom. The lowest BCUT2D eigenvalue weighted by atomic mass is 10.2. The Morgan fingerprint density at radius 2 is 2.11 bits per heavy atom. The second-order valence-electron chi connectivity index (χ2n) is 1.71. The third kappa shape index (κ3) is 7.04. The van der Waals surface area contributed by atoms with Gasteiger partial charge in [-0.3, -0.25) is 0 Å². The van der Waals surface area contributed by atoms with Crippen molar-refractivity contribution in [3.63, 3.8) is 0 Å². The summed E-state index contributed by atoms with van der Waals surface area (Å²) in [6.07, 6.45) is 6.66. The Labute approximate surface area is 57.3 Å². The van der Waals surface area contributed by atoms with E-state index in [4.69, 9.17) is 0 Å². The van der Waals surface area contributed by atoms with E-state index in [1.807, 2.05) is 6.08 Å². The molecule has 0 spiro atoms. The average molecular weight is 120 g/mol. The van der Waals surface area contributed by atoms with Crippen LogP contribution in [0.15, 0.2) is 25.3 Å². The molecule has 0 aliphatic rings. The van der Waals surface area contributed by atoms with Crippen LogP contribution in [0.2, 0.25) is 0 Å². The molecule has 0 unspecified atom stereocenters. The Bertz CT molecular complexity index is 132. The average Bonchev–Trinajstić information content (AvgIpc) is 1.89. The molecule has 0 N–H and O–H groups in total. The molecule has 9 heavy (non-hydrogen) atoms. The Balaban J connectivity index is 3.08. The van der Waals surface area contributed by atoms with Gasteiger partial charge in [-0.25, -0.2) is 0 Å². The maximum absolute atomic E-state index is 3.61. The fourth-order valence-corrected chi connectivity index (χ4v) is 0.479. The first kappa shape index (κ1) is 8.04. The molecule has 0 amide bonds. The summed E-state index contributed by atoms with van der Waals surface area (Å²) < 4.78 is 0. The summed E-state index contributed by atoms with van der Waals surface area (Å²) >= 11 is 0. The van der Waals surface area contributed by atoms with Gasteiger partial charge in [-0.2, -0.15) is 0 Å². The van der Waals surface area contributed by atoms with Crippen molar-refractivity contribution >= 4 is 0 Å². The monoisotopic (exact) mass is 120 g/mol. The fourth-order valence-electron chi connectivity index (χ4n) is 0.479. The minimum atomic E-state index is 0.956. The van der Waals surface area contributed by atoms with Crippen molar-refractivity contribution in [2.24, 2.45) is 0 Å². The molecule has 0 heterocycles. The summed E-state index contributed by atoms with van der Waals surface area (Å²) in [7, 11) is 0. The quantitative estimate of drug-likeness (QED) is 0.305. The summed E-state index contributed by atoms with van der Waals surface area (Å²) in [6.45, 7) is 7.09. The predicted octanol–water partition coefficient (Wildman–Crippen LogP) is 2.53. The highest BCUT2D eigenvalue weighted by Gasteiger charge is 1.75. The standard InChI is InChI=1S/C9H12/c1-3-5-7-9-8-6-4-2/h3-4H,1-2,5,7,9H2. The van der Waals surface area contributed by atoms with Crippen LogP contribution in [0.4, 0.5) is 0 Å². The van der Waals surface area contributed by atoms with Gasteiger partial charge >= 0.3 is 0 Å². The summed E-state index contributed by atoms with van der Waals surface area (Å²) in [4.78, 5) is 0. The van der Waals surface area contributed by atoms with Crippen molar-refractivity contribution < 1.29 is 0 Å². The van der Waals surface area contributed by atoms with E-state index >= 15 is 0 Å². The predicted molar refractivity (Wildman–Crippen MR) is 42.0 cm³/mol. The highest BCUT2D eigenvalue weighted by Crippen LogP contribution is 1.92. The minimum Gasteiger partial charge on any atom is -0.103 e. The zero-order valence-electron chi connectivity index (χ0n) is 5.69. The molecule has 0 nitrogen and oxygen atoms in total. The van der Waals surface area contributed by atoms with Crippen LogP contribution in [0.25, 0.3) is 0 Å². The molecule has 0 heteroatoms. The van der Waals surface area contributed by atoms with Gasteiger partial charge in [-0.05, 0) is 18.9 Å². The van der Waals surface area contributed by atoms with Crippen LogP contribution < -0.4 is 0 Å². The molecule has 0 aromatic carbocycles. The highest BCUT2D eigenvalue weighted by molar-refractivity contribution is 5.11. The van der Waals surface area contributed by atoms with E-state index in [0.29, 0.717) is 0 Å². The van der Waals surface area contributed by atoms with E-state index in [1.54, 1.807) is 6.08 Å². The Kier molecular flexibility index (Phi) is 6.29. The maximum Gasteiger partial charge on any atom is 0.00951 e. The van der Waals surface area contributed by atoms with E-state index < -0.39 is 0 Å². The van der Waals surface area contributed by atoms with Crippen LogP contribution in [0.1, 0.15) is 19.3 Å². The molecule has 0 aliphatic carbocycles. The molecule has 0 saturated carbocycles. The minimum absolute atomic E-state index is 0.956. The van der Waals surface area contributed by atoms with E-state index in [2.05, 4.69) is 25.0 Å². The van der Waals surface area contributed by atoms with Crippen LogP contribution >= 0.6 is 0 Å². The van der Waals surface area contributed by atoms with Gasteiger partial charge in [0.1, 0.15) is 0 Å². The largest absolute Gasteiger partial charge is 0.103 e. The van der Waals surface area contributed by atoms with Crippen molar-refractivity contribution in [3.8, 4) is 11.8 Å². The molecule has 0 atom stereocenters. The molecule has 0 saturated heterocycles. The number of hydrogen-bond acceptors (Lipinski definition) is 0. The van der Waals surface area contributed by atoms with Gasteiger partial charge in [0, 0.05) is 6.42 Å². The van der Waals surface area contributed by atoms with Gasteiger partial charge in [-0.15, -0.1) is 6.58 Å². The summed E-state index contributed by atoms with van der Waals surface area (Å²) in [6, 6.07) is 0. The van der Waals surface area contributed by atoms with Gasteiger partial charge in [-0.1, -0.05) is 24.5 Å². The van der Waals surface area contributed by atoms with Crippen LogP contribution in [0.5, 0.6) is 0 Å². The first-order valence-electron chi connectivity index (χ1n) is 3.12. The first-order chi connectivity index (χ1) is 4.41. The Morgan fingerprint density at radius 3 is 2.67 bits per heavy atom. The van der Waals surface area contributed by atoms with Crippen LogP contribution in [-0.4, -0.2) is 0 Å². The lowest BCUT2D eigenvalue weighted by Gasteiger charge is -1.83. The second kappa shape index (κ2) is 7.04. The van der Waals surface area contributed by atoms with Crippen molar-refractivity contribution in [3.05, 3.63) is 25.3 Å². The van der Waals surface area contributed by atoms with E-state index in [-0.39, 0.29) is 0 Å². The van der Waals surface area contributed by atoms with Gasteiger partial charge in [0.25, 0.3) is 0 Å². The van der Waals surface area contributed by atoms with Crippen LogP contribution in [-0.2, 0) is 0 Å². The second-order valence-corrected chi connectivity index (χ2v) is 1.71. The van der Waals surface area contributed by atoms with E-state index in [0.717, 1.165) is 19.3 Å². The number of rotatable bonds is 3. The maximum atomic E-state index is 3.61.